The summed E-state index contributed by atoms with van der Waals surface area (Å²) in [6, 6.07) is 7.42. The molecule has 6 heteroatoms. The van der Waals surface area contributed by atoms with Gasteiger partial charge in [-0.15, -0.1) is 0 Å². The average Bonchev–Trinajstić information content (AvgIpc) is 2.88. The molecule has 0 aliphatic heterocycles. The second-order valence-corrected chi connectivity index (χ2v) is 7.27. The number of benzene rings is 1. The molecule has 120 valence electrons. The van der Waals surface area contributed by atoms with Crippen LogP contribution in [0.4, 0.5) is 0 Å². The molecule has 3 aliphatic rings. The lowest BCUT2D eigenvalue weighted by molar-refractivity contribution is -0.203. The van der Waals surface area contributed by atoms with Gasteiger partial charge in [-0.25, -0.2) is 0 Å². The zero-order valence-corrected chi connectivity index (χ0v) is 13.8. The van der Waals surface area contributed by atoms with Gasteiger partial charge in [0.15, 0.2) is 0 Å². The van der Waals surface area contributed by atoms with E-state index in [0.717, 1.165) is 30.2 Å². The molecule has 2 N–H and O–H groups in total. The lowest BCUT2D eigenvalue weighted by Gasteiger charge is -2.71. The van der Waals surface area contributed by atoms with Crippen molar-refractivity contribution in [3.05, 3.63) is 35.0 Å². The van der Waals surface area contributed by atoms with Gasteiger partial charge in [0.1, 0.15) is 5.69 Å². The molecule has 3 saturated carbocycles. The second kappa shape index (κ2) is 4.51. The molecule has 3 fully saturated rings. The summed E-state index contributed by atoms with van der Waals surface area (Å²) in [5.74, 6) is 0.0418. The molecule has 0 unspecified atom stereocenters. The number of carbonyl (C=O) groups excluding carboxylic acids is 2. The molecular weight excluding hydrogens is 314 g/mol. The molecule has 0 saturated heterocycles. The number of para-hydroxylation sites is 1. The molecule has 2 aromatic rings. The number of nitrogens with one attached hydrogen (secondary N) is 2. The highest BCUT2D eigenvalue weighted by molar-refractivity contribution is 6.35. The number of rotatable bonds is 3. The highest BCUT2D eigenvalue weighted by atomic mass is 35.5. The highest BCUT2D eigenvalue weighted by Crippen LogP contribution is 2.69. The van der Waals surface area contributed by atoms with Crippen LogP contribution in [0.3, 0.4) is 0 Å². The summed E-state index contributed by atoms with van der Waals surface area (Å²) in [7, 11) is 3.49. The van der Waals surface area contributed by atoms with Crippen molar-refractivity contribution in [2.75, 3.05) is 14.1 Å². The Morgan fingerprint density at radius 2 is 2.00 bits per heavy atom. The minimum Gasteiger partial charge on any atom is -0.359 e. The van der Waals surface area contributed by atoms with Crippen LogP contribution in [0.5, 0.6) is 0 Å². The summed E-state index contributed by atoms with van der Waals surface area (Å²) in [6.45, 7) is 0. The smallest absolute Gasteiger partial charge is 0.270 e. The van der Waals surface area contributed by atoms with Gasteiger partial charge >= 0.3 is 0 Å². The molecule has 3 aliphatic carbocycles. The van der Waals surface area contributed by atoms with Crippen molar-refractivity contribution < 1.29 is 9.59 Å². The number of aromatic nitrogens is 1. The van der Waals surface area contributed by atoms with Crippen LogP contribution in [0.25, 0.3) is 10.9 Å². The van der Waals surface area contributed by atoms with E-state index in [1.807, 2.05) is 25.2 Å². The molecule has 5 nitrogen and oxygen atoms in total. The number of hydrogen-bond acceptors (Lipinski definition) is 2. The Hall–Kier alpha value is -2.01. The number of nitrogens with zero attached hydrogens (tertiary/aromatic N) is 1. The molecule has 0 radical (unpaired) electrons. The number of amides is 2. The summed E-state index contributed by atoms with van der Waals surface area (Å²) in [6.07, 6.45) is 2.26. The van der Waals surface area contributed by atoms with E-state index in [2.05, 4.69) is 10.3 Å². The Kier molecular flexibility index (Phi) is 2.86. The number of carbonyl (C=O) groups is 2. The van der Waals surface area contributed by atoms with Gasteiger partial charge in [0.05, 0.1) is 16.0 Å². The number of H-pyrrole nitrogens is 1. The van der Waals surface area contributed by atoms with E-state index in [0.29, 0.717) is 10.7 Å². The fraction of sp³-hybridized carbons (Fsp3) is 0.412. The van der Waals surface area contributed by atoms with Gasteiger partial charge in [-0.05, 0) is 31.4 Å². The first kappa shape index (κ1) is 14.6. The van der Waals surface area contributed by atoms with Crippen LogP contribution in [-0.4, -0.2) is 41.3 Å². The maximum Gasteiger partial charge on any atom is 0.270 e. The Morgan fingerprint density at radius 1 is 1.30 bits per heavy atom. The summed E-state index contributed by atoms with van der Waals surface area (Å²) < 4.78 is 0. The maximum absolute atomic E-state index is 12.8. The van der Waals surface area contributed by atoms with Crippen molar-refractivity contribution in [3.63, 3.8) is 0 Å². The summed E-state index contributed by atoms with van der Waals surface area (Å²) in [4.78, 5) is 29.6. The molecular formula is C17H18ClN3O2. The van der Waals surface area contributed by atoms with E-state index in [-0.39, 0.29) is 22.8 Å². The van der Waals surface area contributed by atoms with Crippen molar-refractivity contribution in [2.24, 2.45) is 5.41 Å². The molecule has 1 aromatic carbocycles. The summed E-state index contributed by atoms with van der Waals surface area (Å²) in [5.41, 5.74) is 0.914. The van der Waals surface area contributed by atoms with Crippen molar-refractivity contribution in [2.45, 2.75) is 24.8 Å². The predicted octanol–water partition coefficient (Wildman–Crippen LogP) is 2.56. The number of halogens is 1. The summed E-state index contributed by atoms with van der Waals surface area (Å²) in [5, 5.41) is 4.25. The highest BCUT2D eigenvalue weighted by Gasteiger charge is 2.73. The van der Waals surface area contributed by atoms with Crippen molar-refractivity contribution in [1.29, 1.82) is 0 Å². The van der Waals surface area contributed by atoms with Gasteiger partial charge in [-0.2, -0.15) is 0 Å². The third-order valence-electron chi connectivity index (χ3n) is 5.56. The van der Waals surface area contributed by atoms with Crippen LogP contribution in [-0.2, 0) is 4.79 Å². The first-order valence-electron chi connectivity index (χ1n) is 7.68. The van der Waals surface area contributed by atoms with E-state index < -0.39 is 0 Å². The van der Waals surface area contributed by atoms with Gasteiger partial charge in [0.2, 0.25) is 5.91 Å². The van der Waals surface area contributed by atoms with Crippen LogP contribution in [0.1, 0.15) is 29.8 Å². The first-order chi connectivity index (χ1) is 10.9. The van der Waals surface area contributed by atoms with Gasteiger partial charge in [0, 0.05) is 25.0 Å². The first-order valence-corrected chi connectivity index (χ1v) is 8.06. The zero-order valence-electron chi connectivity index (χ0n) is 13.1. The summed E-state index contributed by atoms with van der Waals surface area (Å²) >= 11 is 6.16. The van der Waals surface area contributed by atoms with E-state index in [1.54, 1.807) is 18.0 Å². The van der Waals surface area contributed by atoms with Crippen LogP contribution < -0.4 is 5.32 Å². The number of hydrogen-bond donors (Lipinski definition) is 2. The lowest BCUT2D eigenvalue weighted by atomic mass is 9.38. The molecule has 23 heavy (non-hydrogen) atoms. The second-order valence-electron chi connectivity index (χ2n) is 6.87. The van der Waals surface area contributed by atoms with Crippen LogP contribution >= 0.6 is 11.6 Å². The number of aromatic amines is 1. The standard InChI is InChI=1S/C17H18ClN3O2/c1-19-15(23)16-7-17(8-16,9-16)21(2)14(22)12-6-10-4-3-5-11(18)13(10)20-12/h3-6,20H,7-9H2,1-2H3,(H,19,23). The molecule has 0 atom stereocenters. The van der Waals surface area contributed by atoms with E-state index in [1.165, 1.54) is 0 Å². The van der Waals surface area contributed by atoms with Gasteiger partial charge in [-0.3, -0.25) is 9.59 Å². The molecule has 0 spiro atoms. The fourth-order valence-electron chi connectivity index (χ4n) is 4.23. The van der Waals surface area contributed by atoms with Crippen molar-refractivity contribution in [3.8, 4) is 0 Å². The maximum atomic E-state index is 12.8. The van der Waals surface area contributed by atoms with Gasteiger partial charge < -0.3 is 15.2 Å². The topological polar surface area (TPSA) is 65.2 Å². The zero-order chi connectivity index (χ0) is 16.4. The van der Waals surface area contributed by atoms with Crippen LogP contribution in [0.2, 0.25) is 5.02 Å². The van der Waals surface area contributed by atoms with Gasteiger partial charge in [-0.1, -0.05) is 23.7 Å². The molecule has 2 amide bonds. The molecule has 1 heterocycles. The molecule has 2 bridgehead atoms. The normalized spacial score (nSPS) is 28.0. The lowest BCUT2D eigenvalue weighted by Crippen LogP contribution is -2.78. The van der Waals surface area contributed by atoms with E-state index in [9.17, 15) is 9.59 Å². The Bertz CT molecular complexity index is 822. The van der Waals surface area contributed by atoms with E-state index in [4.69, 9.17) is 11.6 Å². The largest absolute Gasteiger partial charge is 0.359 e. The third kappa shape index (κ3) is 1.80. The predicted molar refractivity (Wildman–Crippen MR) is 88.5 cm³/mol. The van der Waals surface area contributed by atoms with Crippen LogP contribution in [0.15, 0.2) is 24.3 Å². The Morgan fingerprint density at radius 3 is 2.61 bits per heavy atom. The van der Waals surface area contributed by atoms with E-state index >= 15 is 0 Å². The van der Waals surface area contributed by atoms with Crippen LogP contribution in [0, 0.1) is 5.41 Å². The SMILES string of the molecule is CNC(=O)C12CC(N(C)C(=O)c3cc4cccc(Cl)c4[nH]3)(C1)C2. The quantitative estimate of drug-likeness (QED) is 0.907. The Balaban J connectivity index is 1.56. The third-order valence-corrected chi connectivity index (χ3v) is 5.88. The monoisotopic (exact) mass is 331 g/mol. The van der Waals surface area contributed by atoms with Gasteiger partial charge in [0.25, 0.3) is 5.91 Å². The Labute approximate surface area is 139 Å². The minimum absolute atomic E-state index is 0.0533. The minimum atomic E-state index is -0.243. The fourth-order valence-corrected chi connectivity index (χ4v) is 4.46. The average molecular weight is 332 g/mol. The van der Waals surface area contributed by atoms with Crippen molar-refractivity contribution in [1.82, 2.24) is 15.2 Å². The number of fused-ring (bicyclic) bond motifs is 1. The van der Waals surface area contributed by atoms with Crippen molar-refractivity contribution >= 4 is 34.3 Å². The molecule has 1 aromatic heterocycles. The molecule has 5 rings (SSSR count).